The van der Waals surface area contributed by atoms with Gasteiger partial charge in [0.15, 0.2) is 0 Å². The van der Waals surface area contributed by atoms with Gasteiger partial charge in [0.05, 0.1) is 5.69 Å². The van der Waals surface area contributed by atoms with E-state index in [2.05, 4.69) is 12.2 Å². The minimum atomic E-state index is -0.162. The first-order valence-corrected chi connectivity index (χ1v) is 10.1. The minimum absolute atomic E-state index is 0.162. The maximum absolute atomic E-state index is 13.2. The van der Waals surface area contributed by atoms with Crippen molar-refractivity contribution < 1.29 is 4.79 Å². The summed E-state index contributed by atoms with van der Waals surface area (Å²) in [6.45, 7) is 2.09. The van der Waals surface area contributed by atoms with Gasteiger partial charge in [-0.25, -0.2) is 0 Å². The first-order valence-electron chi connectivity index (χ1n) is 8.74. The van der Waals surface area contributed by atoms with Crippen LogP contribution >= 0.6 is 23.4 Å². The lowest BCUT2D eigenvalue weighted by atomic mass is 10.0. The Morgan fingerprint density at radius 2 is 1.63 bits per heavy atom. The van der Waals surface area contributed by atoms with Crippen molar-refractivity contribution in [1.29, 1.82) is 0 Å². The minimum Gasteiger partial charge on any atom is -0.321 e. The molecule has 27 heavy (non-hydrogen) atoms. The van der Waals surface area contributed by atoms with E-state index in [1.165, 1.54) is 0 Å². The summed E-state index contributed by atoms with van der Waals surface area (Å²) in [5, 5.41) is 3.67. The predicted molar refractivity (Wildman–Crippen MR) is 117 cm³/mol. The second-order valence-corrected chi connectivity index (χ2v) is 7.54. The molecular weight excluding hydrogens is 374 g/mol. The molecule has 1 N–H and O–H groups in total. The molecule has 0 aliphatic rings. The Morgan fingerprint density at radius 3 is 2.37 bits per heavy atom. The fourth-order valence-electron chi connectivity index (χ4n) is 2.69. The van der Waals surface area contributed by atoms with E-state index in [0.717, 1.165) is 27.5 Å². The number of amides is 1. The highest BCUT2D eigenvalue weighted by molar-refractivity contribution is 7.99. The highest BCUT2D eigenvalue weighted by atomic mass is 35.5. The van der Waals surface area contributed by atoms with Crippen LogP contribution in [0.3, 0.4) is 0 Å². The Morgan fingerprint density at radius 1 is 0.963 bits per heavy atom. The molecule has 0 bridgehead atoms. The molecule has 0 heterocycles. The van der Waals surface area contributed by atoms with Crippen LogP contribution in [0.2, 0.25) is 5.02 Å². The van der Waals surface area contributed by atoms with E-state index >= 15 is 0 Å². The predicted octanol–water partition coefficient (Wildman–Crippen LogP) is 6.63. The summed E-state index contributed by atoms with van der Waals surface area (Å²) < 4.78 is 0. The number of rotatable bonds is 6. The van der Waals surface area contributed by atoms with Crippen LogP contribution in [0, 0.1) is 0 Å². The number of halogens is 1. The largest absolute Gasteiger partial charge is 0.321 e. The number of thioether (sulfide) groups is 1. The SMILES string of the molecule is CCSc1ccccc1NC(=O)/C(=C/c1ccccc1Cl)c1ccccc1. The van der Waals surface area contributed by atoms with E-state index in [0.29, 0.717) is 10.6 Å². The average molecular weight is 394 g/mol. The van der Waals surface area contributed by atoms with Crippen LogP contribution in [-0.4, -0.2) is 11.7 Å². The first-order chi connectivity index (χ1) is 13.2. The van der Waals surface area contributed by atoms with Gasteiger partial charge in [0.2, 0.25) is 0 Å². The molecule has 0 spiro atoms. The van der Waals surface area contributed by atoms with Gasteiger partial charge in [-0.3, -0.25) is 4.79 Å². The van der Waals surface area contributed by atoms with Gasteiger partial charge in [-0.1, -0.05) is 79.2 Å². The smallest absolute Gasteiger partial charge is 0.256 e. The van der Waals surface area contributed by atoms with Gasteiger partial charge >= 0.3 is 0 Å². The van der Waals surface area contributed by atoms with Gasteiger partial charge in [-0.2, -0.15) is 0 Å². The fourth-order valence-corrected chi connectivity index (χ4v) is 3.64. The van der Waals surface area contributed by atoms with Crippen molar-refractivity contribution in [2.24, 2.45) is 0 Å². The number of anilines is 1. The van der Waals surface area contributed by atoms with Gasteiger partial charge in [-0.05, 0) is 41.2 Å². The number of carbonyl (C=O) groups is 1. The molecule has 1 amide bonds. The van der Waals surface area contributed by atoms with E-state index in [-0.39, 0.29) is 5.91 Å². The summed E-state index contributed by atoms with van der Waals surface area (Å²) in [4.78, 5) is 14.2. The standard InChI is InChI=1S/C23H20ClNOS/c1-2-27-22-15-9-8-14-21(22)25-23(26)19(17-10-4-3-5-11-17)16-18-12-6-7-13-20(18)24/h3-16H,2H2,1H3,(H,25,26)/b19-16+. The summed E-state index contributed by atoms with van der Waals surface area (Å²) >= 11 is 8.01. The number of hydrogen-bond donors (Lipinski definition) is 1. The molecule has 3 aromatic carbocycles. The molecule has 0 aromatic heterocycles. The molecule has 3 aromatic rings. The lowest BCUT2D eigenvalue weighted by molar-refractivity contribution is -0.111. The van der Waals surface area contributed by atoms with Crippen molar-refractivity contribution >= 4 is 46.6 Å². The topological polar surface area (TPSA) is 29.1 Å². The third-order valence-corrected chi connectivity index (χ3v) is 5.27. The third-order valence-electron chi connectivity index (χ3n) is 3.97. The fraction of sp³-hybridized carbons (Fsp3) is 0.0870. The van der Waals surface area contributed by atoms with E-state index < -0.39 is 0 Å². The normalized spacial score (nSPS) is 11.3. The van der Waals surface area contributed by atoms with Crippen molar-refractivity contribution in [3.05, 3.63) is 95.0 Å². The number of benzene rings is 3. The zero-order valence-corrected chi connectivity index (χ0v) is 16.6. The Hall–Kier alpha value is -2.49. The van der Waals surface area contributed by atoms with Crippen molar-refractivity contribution in [3.8, 4) is 0 Å². The third kappa shape index (κ3) is 5.03. The lowest BCUT2D eigenvalue weighted by Gasteiger charge is -2.13. The van der Waals surface area contributed by atoms with Crippen LogP contribution in [-0.2, 0) is 4.79 Å². The highest BCUT2D eigenvalue weighted by Crippen LogP contribution is 2.29. The number of hydrogen-bond acceptors (Lipinski definition) is 2. The van der Waals surface area contributed by atoms with Gasteiger partial charge in [0, 0.05) is 15.5 Å². The van der Waals surface area contributed by atoms with Crippen molar-refractivity contribution in [1.82, 2.24) is 0 Å². The molecule has 0 fully saturated rings. The van der Waals surface area contributed by atoms with Crippen molar-refractivity contribution in [2.75, 3.05) is 11.1 Å². The van der Waals surface area contributed by atoms with Crippen LogP contribution in [0.1, 0.15) is 18.1 Å². The molecule has 0 radical (unpaired) electrons. The molecule has 0 unspecified atom stereocenters. The van der Waals surface area contributed by atoms with Crippen LogP contribution < -0.4 is 5.32 Å². The van der Waals surface area contributed by atoms with Gasteiger partial charge < -0.3 is 5.32 Å². The lowest BCUT2D eigenvalue weighted by Crippen LogP contribution is -2.14. The number of carbonyl (C=O) groups excluding carboxylic acids is 1. The molecule has 0 saturated heterocycles. The van der Waals surface area contributed by atoms with Gasteiger partial charge in [0.25, 0.3) is 5.91 Å². The Bertz CT molecular complexity index is 953. The second kappa shape index (κ2) is 9.45. The number of para-hydroxylation sites is 1. The summed E-state index contributed by atoms with van der Waals surface area (Å²) in [6.07, 6.45) is 1.84. The zero-order chi connectivity index (χ0) is 19.1. The Balaban J connectivity index is 1.99. The summed E-state index contributed by atoms with van der Waals surface area (Å²) in [6, 6.07) is 25.0. The summed E-state index contributed by atoms with van der Waals surface area (Å²) in [5.41, 5.74) is 3.04. The molecule has 4 heteroatoms. The quantitative estimate of drug-likeness (QED) is 0.289. The van der Waals surface area contributed by atoms with Crippen molar-refractivity contribution in [2.45, 2.75) is 11.8 Å². The summed E-state index contributed by atoms with van der Waals surface area (Å²) in [5.74, 6) is 0.777. The van der Waals surface area contributed by atoms with E-state index in [4.69, 9.17) is 11.6 Å². The van der Waals surface area contributed by atoms with E-state index in [1.54, 1.807) is 11.8 Å². The molecule has 0 aliphatic heterocycles. The maximum Gasteiger partial charge on any atom is 0.256 e. The Labute approximate surface area is 169 Å². The average Bonchev–Trinajstić information content (AvgIpc) is 2.69. The summed E-state index contributed by atoms with van der Waals surface area (Å²) in [7, 11) is 0. The molecule has 0 saturated carbocycles. The van der Waals surface area contributed by atoms with Crippen LogP contribution in [0.4, 0.5) is 5.69 Å². The molecule has 0 atom stereocenters. The Kier molecular flexibility index (Phi) is 6.74. The van der Waals surface area contributed by atoms with Gasteiger partial charge in [-0.15, -0.1) is 11.8 Å². The zero-order valence-electron chi connectivity index (χ0n) is 15.0. The number of nitrogens with one attached hydrogen (secondary N) is 1. The molecular formula is C23H20ClNOS. The van der Waals surface area contributed by atoms with Crippen LogP contribution in [0.15, 0.2) is 83.8 Å². The van der Waals surface area contributed by atoms with E-state index in [1.807, 2.05) is 84.9 Å². The van der Waals surface area contributed by atoms with Gasteiger partial charge in [0.1, 0.15) is 0 Å². The molecule has 136 valence electrons. The maximum atomic E-state index is 13.2. The second-order valence-electron chi connectivity index (χ2n) is 5.83. The molecule has 2 nitrogen and oxygen atoms in total. The molecule has 3 rings (SSSR count). The van der Waals surface area contributed by atoms with Crippen molar-refractivity contribution in [3.63, 3.8) is 0 Å². The first kappa shape index (κ1) is 19.3. The van der Waals surface area contributed by atoms with Crippen LogP contribution in [0.25, 0.3) is 11.6 Å². The van der Waals surface area contributed by atoms with Crippen LogP contribution in [0.5, 0.6) is 0 Å². The monoisotopic (exact) mass is 393 g/mol. The van der Waals surface area contributed by atoms with E-state index in [9.17, 15) is 4.79 Å². The highest BCUT2D eigenvalue weighted by Gasteiger charge is 2.14. The molecule has 0 aliphatic carbocycles.